The molecule has 1 saturated carbocycles. The molecule has 5 nitrogen and oxygen atoms in total. The average molecular weight is 295 g/mol. The normalized spacial score (nSPS) is 30.1. The summed E-state index contributed by atoms with van der Waals surface area (Å²) in [6.45, 7) is 3.42. The van der Waals surface area contributed by atoms with Crippen LogP contribution in [0.5, 0.6) is 0 Å². The number of nitrogens with one attached hydrogen (secondary N) is 1. The van der Waals surface area contributed by atoms with Gasteiger partial charge in [-0.25, -0.2) is 0 Å². The predicted molar refractivity (Wildman–Crippen MR) is 82.9 cm³/mol. The lowest BCUT2D eigenvalue weighted by molar-refractivity contribution is -0.134. The lowest BCUT2D eigenvalue weighted by Crippen LogP contribution is -2.49. The Morgan fingerprint density at radius 1 is 1.14 bits per heavy atom. The monoisotopic (exact) mass is 295 g/mol. The van der Waals surface area contributed by atoms with Gasteiger partial charge in [-0.15, -0.1) is 0 Å². The Labute approximate surface area is 128 Å². The molecule has 5 heteroatoms. The molecule has 0 radical (unpaired) electrons. The molecule has 2 aliphatic rings. The average Bonchev–Trinajstić information content (AvgIpc) is 2.88. The molecule has 1 aliphatic heterocycles. The number of carbonyl (C=O) groups is 2. The van der Waals surface area contributed by atoms with Gasteiger partial charge in [0.1, 0.15) is 0 Å². The molecule has 3 unspecified atom stereocenters. The number of hydrogen-bond acceptors (Lipinski definition) is 3. The van der Waals surface area contributed by atoms with E-state index < -0.39 is 0 Å². The Balaban J connectivity index is 1.85. The summed E-state index contributed by atoms with van der Waals surface area (Å²) >= 11 is 0. The summed E-state index contributed by atoms with van der Waals surface area (Å²) in [6.07, 6.45) is 6.64. The van der Waals surface area contributed by atoms with Gasteiger partial charge in [0.25, 0.3) is 0 Å². The van der Waals surface area contributed by atoms with Crippen LogP contribution in [0.2, 0.25) is 0 Å². The van der Waals surface area contributed by atoms with Gasteiger partial charge in [0.05, 0.1) is 12.6 Å². The molecule has 0 aromatic rings. The minimum absolute atomic E-state index is 0.0761. The number of amides is 2. The molecule has 0 aromatic carbocycles. The van der Waals surface area contributed by atoms with Crippen molar-refractivity contribution in [2.45, 2.75) is 57.5 Å². The third kappa shape index (κ3) is 4.19. The number of nitrogens with zero attached hydrogens (tertiary/aromatic N) is 2. The topological polar surface area (TPSA) is 52.7 Å². The lowest BCUT2D eigenvalue weighted by atomic mass is 9.86. The van der Waals surface area contributed by atoms with Gasteiger partial charge >= 0.3 is 0 Å². The maximum atomic E-state index is 12.3. The van der Waals surface area contributed by atoms with Crippen LogP contribution in [0.25, 0.3) is 0 Å². The van der Waals surface area contributed by atoms with E-state index in [2.05, 4.69) is 12.2 Å². The fourth-order valence-corrected chi connectivity index (χ4v) is 3.56. The summed E-state index contributed by atoms with van der Waals surface area (Å²) in [5.41, 5.74) is 0. The summed E-state index contributed by atoms with van der Waals surface area (Å²) in [5, 5.41) is 3.18. The van der Waals surface area contributed by atoms with Crippen LogP contribution >= 0.6 is 0 Å². The van der Waals surface area contributed by atoms with E-state index in [1.54, 1.807) is 19.0 Å². The zero-order valence-electron chi connectivity index (χ0n) is 13.6. The van der Waals surface area contributed by atoms with Crippen molar-refractivity contribution in [2.24, 2.45) is 5.92 Å². The van der Waals surface area contributed by atoms with Crippen molar-refractivity contribution in [1.29, 1.82) is 0 Å². The van der Waals surface area contributed by atoms with E-state index in [1.807, 2.05) is 4.90 Å². The molecule has 0 aromatic heterocycles. The lowest BCUT2D eigenvalue weighted by Gasteiger charge is -2.31. The Kier molecular flexibility index (Phi) is 5.62. The van der Waals surface area contributed by atoms with E-state index >= 15 is 0 Å². The van der Waals surface area contributed by atoms with Gasteiger partial charge in [-0.05, 0) is 38.1 Å². The van der Waals surface area contributed by atoms with Crippen LogP contribution in [-0.4, -0.2) is 60.9 Å². The molecule has 0 spiro atoms. The molecular formula is C16H29N3O2. The van der Waals surface area contributed by atoms with E-state index in [0.717, 1.165) is 25.8 Å². The molecule has 3 atom stereocenters. The SMILES string of the molecule is CC1CCCCC1NC(=O)CN1CCCC1C(=O)N(C)C. The fraction of sp³-hybridized carbons (Fsp3) is 0.875. The summed E-state index contributed by atoms with van der Waals surface area (Å²) in [6, 6.07) is 0.200. The second-order valence-corrected chi connectivity index (χ2v) is 6.80. The van der Waals surface area contributed by atoms with Gasteiger partial charge < -0.3 is 10.2 Å². The van der Waals surface area contributed by atoms with E-state index in [0.29, 0.717) is 18.5 Å². The number of rotatable bonds is 4. The predicted octanol–water partition coefficient (Wildman–Crippen LogP) is 1.23. The van der Waals surface area contributed by atoms with E-state index in [4.69, 9.17) is 0 Å². The van der Waals surface area contributed by atoms with Crippen LogP contribution in [0.1, 0.15) is 45.4 Å². The molecule has 2 amide bonds. The van der Waals surface area contributed by atoms with Crippen molar-refractivity contribution < 1.29 is 9.59 Å². The summed E-state index contributed by atoms with van der Waals surface area (Å²) < 4.78 is 0. The molecule has 2 rings (SSSR count). The molecule has 1 aliphatic carbocycles. The van der Waals surface area contributed by atoms with Crippen LogP contribution in [0.3, 0.4) is 0 Å². The van der Waals surface area contributed by atoms with Crippen LogP contribution in [0.4, 0.5) is 0 Å². The van der Waals surface area contributed by atoms with Crippen LogP contribution in [0, 0.1) is 5.92 Å². The second-order valence-electron chi connectivity index (χ2n) is 6.80. The number of likely N-dealkylation sites (N-methyl/N-ethyl adjacent to an activating group) is 1. The fourth-order valence-electron chi connectivity index (χ4n) is 3.56. The highest BCUT2D eigenvalue weighted by atomic mass is 16.2. The maximum absolute atomic E-state index is 12.3. The molecule has 2 fully saturated rings. The second kappa shape index (κ2) is 7.25. The summed E-state index contributed by atoms with van der Waals surface area (Å²) in [7, 11) is 3.56. The molecule has 1 heterocycles. The third-order valence-corrected chi connectivity index (χ3v) is 4.89. The van der Waals surface area contributed by atoms with Gasteiger partial charge in [0, 0.05) is 20.1 Å². The largest absolute Gasteiger partial charge is 0.352 e. The van der Waals surface area contributed by atoms with Crippen molar-refractivity contribution in [3.05, 3.63) is 0 Å². The molecule has 0 bridgehead atoms. The quantitative estimate of drug-likeness (QED) is 0.849. The third-order valence-electron chi connectivity index (χ3n) is 4.89. The van der Waals surface area contributed by atoms with Gasteiger partial charge in [-0.3, -0.25) is 14.5 Å². The first-order chi connectivity index (χ1) is 9.99. The molecule has 1 N–H and O–H groups in total. The first-order valence-corrected chi connectivity index (χ1v) is 8.23. The van der Waals surface area contributed by atoms with Crippen molar-refractivity contribution in [2.75, 3.05) is 27.2 Å². The van der Waals surface area contributed by atoms with Crippen molar-refractivity contribution >= 4 is 11.8 Å². The smallest absolute Gasteiger partial charge is 0.239 e. The first kappa shape index (κ1) is 16.3. The molecule has 120 valence electrons. The Bertz CT molecular complexity index is 384. The van der Waals surface area contributed by atoms with Crippen molar-refractivity contribution in [1.82, 2.24) is 15.1 Å². The van der Waals surface area contributed by atoms with Crippen LogP contribution in [-0.2, 0) is 9.59 Å². The highest BCUT2D eigenvalue weighted by Gasteiger charge is 2.33. The minimum Gasteiger partial charge on any atom is -0.352 e. The maximum Gasteiger partial charge on any atom is 0.239 e. The van der Waals surface area contributed by atoms with Crippen molar-refractivity contribution in [3.63, 3.8) is 0 Å². The molecule has 1 saturated heterocycles. The van der Waals surface area contributed by atoms with Crippen LogP contribution < -0.4 is 5.32 Å². The zero-order chi connectivity index (χ0) is 15.4. The standard InChI is InChI=1S/C16H29N3O2/c1-12-7-4-5-8-13(12)17-15(20)11-19-10-6-9-14(19)16(21)18(2)3/h12-14H,4-11H2,1-3H3,(H,17,20). The Morgan fingerprint density at radius 2 is 1.86 bits per heavy atom. The van der Waals surface area contributed by atoms with Gasteiger partial charge in [-0.2, -0.15) is 0 Å². The van der Waals surface area contributed by atoms with Crippen molar-refractivity contribution in [3.8, 4) is 0 Å². The summed E-state index contributed by atoms with van der Waals surface area (Å²) in [4.78, 5) is 28.1. The Hall–Kier alpha value is -1.10. The number of hydrogen-bond donors (Lipinski definition) is 1. The first-order valence-electron chi connectivity index (χ1n) is 8.23. The number of likely N-dealkylation sites (tertiary alicyclic amines) is 1. The zero-order valence-corrected chi connectivity index (χ0v) is 13.6. The molecular weight excluding hydrogens is 266 g/mol. The minimum atomic E-state index is -0.116. The van der Waals surface area contributed by atoms with E-state index in [9.17, 15) is 9.59 Å². The highest BCUT2D eigenvalue weighted by molar-refractivity contribution is 5.83. The van der Waals surface area contributed by atoms with Gasteiger partial charge in [0.2, 0.25) is 11.8 Å². The van der Waals surface area contributed by atoms with Gasteiger partial charge in [0.15, 0.2) is 0 Å². The number of carbonyl (C=O) groups excluding carboxylic acids is 2. The molecule has 21 heavy (non-hydrogen) atoms. The highest BCUT2D eigenvalue weighted by Crippen LogP contribution is 2.24. The van der Waals surface area contributed by atoms with Gasteiger partial charge in [-0.1, -0.05) is 19.8 Å². The van der Waals surface area contributed by atoms with Crippen LogP contribution in [0.15, 0.2) is 0 Å². The van der Waals surface area contributed by atoms with E-state index in [-0.39, 0.29) is 17.9 Å². The Morgan fingerprint density at radius 3 is 2.52 bits per heavy atom. The summed E-state index contributed by atoms with van der Waals surface area (Å²) in [5.74, 6) is 0.763. The van der Waals surface area contributed by atoms with E-state index in [1.165, 1.54) is 19.3 Å².